The number of aromatic nitrogens is 2. The summed E-state index contributed by atoms with van der Waals surface area (Å²) in [5.74, 6) is 1.90. The Kier molecular flexibility index (Phi) is 3.39. The summed E-state index contributed by atoms with van der Waals surface area (Å²) in [4.78, 5) is 8.84. The van der Waals surface area contributed by atoms with E-state index in [4.69, 9.17) is 10.5 Å². The highest BCUT2D eigenvalue weighted by molar-refractivity contribution is 5.33. The molecule has 0 saturated heterocycles. The molecule has 1 aromatic heterocycles. The molecule has 0 amide bonds. The Morgan fingerprint density at radius 3 is 2.75 bits per heavy atom. The SMILES string of the molecule is CCOC(CC)c1nc(N)cc(C2CC2)n1. The van der Waals surface area contributed by atoms with Gasteiger partial charge in [0.1, 0.15) is 11.9 Å². The minimum atomic E-state index is -0.0222. The van der Waals surface area contributed by atoms with E-state index >= 15 is 0 Å². The Balaban J connectivity index is 2.24. The van der Waals surface area contributed by atoms with Crippen LogP contribution in [0.5, 0.6) is 0 Å². The van der Waals surface area contributed by atoms with Crippen molar-refractivity contribution in [2.45, 2.75) is 45.1 Å². The van der Waals surface area contributed by atoms with Gasteiger partial charge in [0.15, 0.2) is 5.82 Å². The Morgan fingerprint density at radius 1 is 1.44 bits per heavy atom. The van der Waals surface area contributed by atoms with Crippen LogP contribution < -0.4 is 5.73 Å². The van der Waals surface area contributed by atoms with Crippen molar-refractivity contribution in [2.24, 2.45) is 0 Å². The van der Waals surface area contributed by atoms with E-state index in [1.807, 2.05) is 13.0 Å². The molecule has 1 saturated carbocycles. The van der Waals surface area contributed by atoms with Gasteiger partial charge in [0.05, 0.1) is 0 Å². The molecule has 2 N–H and O–H groups in total. The highest BCUT2D eigenvalue weighted by atomic mass is 16.5. The summed E-state index contributed by atoms with van der Waals surface area (Å²) in [6.45, 7) is 4.73. The maximum absolute atomic E-state index is 5.81. The molecule has 1 aliphatic carbocycles. The lowest BCUT2D eigenvalue weighted by Crippen LogP contribution is -2.10. The Morgan fingerprint density at radius 2 is 2.19 bits per heavy atom. The third-order valence-corrected chi connectivity index (χ3v) is 2.81. The van der Waals surface area contributed by atoms with Crippen molar-refractivity contribution < 1.29 is 4.74 Å². The molecule has 4 heteroatoms. The molecular weight excluding hydrogens is 202 g/mol. The predicted octanol–water partition coefficient (Wildman–Crippen LogP) is 2.42. The van der Waals surface area contributed by atoms with Gasteiger partial charge in [0, 0.05) is 24.3 Å². The lowest BCUT2D eigenvalue weighted by Gasteiger charge is -2.14. The van der Waals surface area contributed by atoms with E-state index in [9.17, 15) is 0 Å². The van der Waals surface area contributed by atoms with E-state index in [1.165, 1.54) is 12.8 Å². The van der Waals surface area contributed by atoms with Crippen LogP contribution in [0.2, 0.25) is 0 Å². The zero-order valence-corrected chi connectivity index (χ0v) is 9.94. The topological polar surface area (TPSA) is 61.0 Å². The van der Waals surface area contributed by atoms with Crippen LogP contribution in [0.25, 0.3) is 0 Å². The molecule has 1 heterocycles. The summed E-state index contributed by atoms with van der Waals surface area (Å²) in [6, 6.07) is 1.89. The van der Waals surface area contributed by atoms with Gasteiger partial charge in [0.25, 0.3) is 0 Å². The Labute approximate surface area is 96.2 Å². The summed E-state index contributed by atoms with van der Waals surface area (Å²) in [5, 5.41) is 0. The monoisotopic (exact) mass is 221 g/mol. The largest absolute Gasteiger partial charge is 0.384 e. The number of ether oxygens (including phenoxy) is 1. The van der Waals surface area contributed by atoms with E-state index in [0.29, 0.717) is 18.3 Å². The fraction of sp³-hybridized carbons (Fsp3) is 0.667. The molecule has 88 valence electrons. The molecule has 1 fully saturated rings. The molecule has 0 aromatic carbocycles. The van der Waals surface area contributed by atoms with Crippen LogP contribution in [0.1, 0.15) is 56.7 Å². The van der Waals surface area contributed by atoms with Crippen molar-refractivity contribution in [2.75, 3.05) is 12.3 Å². The fourth-order valence-electron chi connectivity index (χ4n) is 1.81. The molecule has 0 aliphatic heterocycles. The summed E-state index contributed by atoms with van der Waals surface area (Å²) in [5.41, 5.74) is 6.89. The minimum absolute atomic E-state index is 0.0222. The smallest absolute Gasteiger partial charge is 0.159 e. The van der Waals surface area contributed by atoms with Gasteiger partial charge >= 0.3 is 0 Å². The van der Waals surface area contributed by atoms with Gasteiger partial charge in [-0.25, -0.2) is 9.97 Å². The molecule has 2 rings (SSSR count). The second-order valence-corrected chi connectivity index (χ2v) is 4.20. The highest BCUT2D eigenvalue weighted by Gasteiger charge is 2.27. The first kappa shape index (κ1) is 11.3. The van der Waals surface area contributed by atoms with Crippen molar-refractivity contribution in [1.82, 2.24) is 9.97 Å². The number of hydrogen-bond acceptors (Lipinski definition) is 4. The normalized spacial score (nSPS) is 17.4. The minimum Gasteiger partial charge on any atom is -0.384 e. The second kappa shape index (κ2) is 4.78. The maximum atomic E-state index is 5.81. The molecular formula is C12H19N3O. The van der Waals surface area contributed by atoms with Gasteiger partial charge in [-0.05, 0) is 26.2 Å². The third kappa shape index (κ3) is 2.50. The van der Waals surface area contributed by atoms with Crippen molar-refractivity contribution in [3.8, 4) is 0 Å². The fourth-order valence-corrected chi connectivity index (χ4v) is 1.81. The summed E-state index contributed by atoms with van der Waals surface area (Å²) < 4.78 is 5.61. The van der Waals surface area contributed by atoms with Crippen molar-refractivity contribution in [3.05, 3.63) is 17.6 Å². The van der Waals surface area contributed by atoms with Gasteiger partial charge in [-0.1, -0.05) is 6.92 Å². The van der Waals surface area contributed by atoms with Crippen LogP contribution in [-0.2, 0) is 4.74 Å². The van der Waals surface area contributed by atoms with E-state index in [0.717, 1.165) is 17.9 Å². The number of hydrogen-bond donors (Lipinski definition) is 1. The van der Waals surface area contributed by atoms with Crippen molar-refractivity contribution in [3.63, 3.8) is 0 Å². The molecule has 0 bridgehead atoms. The van der Waals surface area contributed by atoms with Crippen LogP contribution in [0.15, 0.2) is 6.07 Å². The Hall–Kier alpha value is -1.16. The number of nitrogens with zero attached hydrogens (tertiary/aromatic N) is 2. The van der Waals surface area contributed by atoms with Crippen LogP contribution in [0.3, 0.4) is 0 Å². The first-order chi connectivity index (χ1) is 7.74. The third-order valence-electron chi connectivity index (χ3n) is 2.81. The first-order valence-corrected chi connectivity index (χ1v) is 6.00. The van der Waals surface area contributed by atoms with E-state index < -0.39 is 0 Å². The average molecular weight is 221 g/mol. The van der Waals surface area contributed by atoms with E-state index in [1.54, 1.807) is 0 Å². The zero-order chi connectivity index (χ0) is 11.5. The predicted molar refractivity (Wildman–Crippen MR) is 63.1 cm³/mol. The molecule has 16 heavy (non-hydrogen) atoms. The number of nitrogens with two attached hydrogens (primary N) is 1. The van der Waals surface area contributed by atoms with Crippen molar-refractivity contribution >= 4 is 5.82 Å². The summed E-state index contributed by atoms with van der Waals surface area (Å²) >= 11 is 0. The van der Waals surface area contributed by atoms with Crippen LogP contribution in [-0.4, -0.2) is 16.6 Å². The van der Waals surface area contributed by atoms with E-state index in [2.05, 4.69) is 16.9 Å². The molecule has 0 radical (unpaired) electrons. The van der Waals surface area contributed by atoms with E-state index in [-0.39, 0.29) is 6.10 Å². The first-order valence-electron chi connectivity index (χ1n) is 6.00. The zero-order valence-electron chi connectivity index (χ0n) is 9.94. The number of anilines is 1. The highest BCUT2D eigenvalue weighted by Crippen LogP contribution is 2.39. The molecule has 4 nitrogen and oxygen atoms in total. The van der Waals surface area contributed by atoms with Crippen molar-refractivity contribution in [1.29, 1.82) is 0 Å². The lowest BCUT2D eigenvalue weighted by atomic mass is 10.2. The average Bonchev–Trinajstić information content (AvgIpc) is 3.08. The Bertz CT molecular complexity index is 363. The maximum Gasteiger partial charge on any atom is 0.159 e. The lowest BCUT2D eigenvalue weighted by molar-refractivity contribution is 0.0534. The van der Waals surface area contributed by atoms with Gasteiger partial charge in [-0.15, -0.1) is 0 Å². The molecule has 0 spiro atoms. The number of rotatable bonds is 5. The van der Waals surface area contributed by atoms with Crippen LogP contribution in [0.4, 0.5) is 5.82 Å². The van der Waals surface area contributed by atoms with Gasteiger partial charge < -0.3 is 10.5 Å². The van der Waals surface area contributed by atoms with Gasteiger partial charge in [0.2, 0.25) is 0 Å². The van der Waals surface area contributed by atoms with Gasteiger partial charge in [-0.2, -0.15) is 0 Å². The summed E-state index contributed by atoms with van der Waals surface area (Å²) in [7, 11) is 0. The molecule has 1 atom stereocenters. The standard InChI is InChI=1S/C12H19N3O/c1-3-10(16-4-2)12-14-9(8-5-6-8)7-11(13)15-12/h7-8,10H,3-6H2,1-2H3,(H2,13,14,15). The molecule has 1 aliphatic rings. The second-order valence-electron chi connectivity index (χ2n) is 4.20. The van der Waals surface area contributed by atoms with Crippen LogP contribution in [0, 0.1) is 0 Å². The van der Waals surface area contributed by atoms with Gasteiger partial charge in [-0.3, -0.25) is 0 Å². The summed E-state index contributed by atoms with van der Waals surface area (Å²) in [6.07, 6.45) is 3.30. The number of nitrogen functional groups attached to an aromatic ring is 1. The molecule has 1 aromatic rings. The van der Waals surface area contributed by atoms with Crippen LogP contribution >= 0.6 is 0 Å². The quantitative estimate of drug-likeness (QED) is 0.829. The molecule has 1 unspecified atom stereocenters.